The minimum absolute atomic E-state index is 0.0171. The molecule has 2 heterocycles. The first kappa shape index (κ1) is 12.5. The number of methoxy groups -OCH3 is 1. The number of ether oxygens (including phenoxy) is 1. The number of aromatic nitrogens is 4. The highest BCUT2D eigenvalue weighted by Gasteiger charge is 2.16. The molecule has 0 radical (unpaired) electrons. The highest BCUT2D eigenvalue weighted by Crippen LogP contribution is 2.17. The first-order valence-corrected chi connectivity index (χ1v) is 5.39. The van der Waals surface area contributed by atoms with E-state index in [-0.39, 0.29) is 16.7 Å². The second kappa shape index (κ2) is 5.61. The average Bonchev–Trinajstić information content (AvgIpc) is 2.95. The second-order valence-corrected chi connectivity index (χ2v) is 3.62. The molecule has 0 aliphatic heterocycles. The van der Waals surface area contributed by atoms with Crippen LogP contribution < -0.4 is 5.32 Å². The van der Waals surface area contributed by atoms with Crippen molar-refractivity contribution in [3.8, 4) is 0 Å². The van der Waals surface area contributed by atoms with E-state index in [1.54, 1.807) is 7.11 Å². The number of tetrazole rings is 1. The normalized spacial score (nSPS) is 10.6. The minimum Gasteiger partial charge on any atom is -0.452 e. The molecule has 2 aromatic heterocycles. The van der Waals surface area contributed by atoms with Crippen molar-refractivity contribution in [2.45, 2.75) is 6.54 Å². The number of carbonyl (C=O) groups excluding carboxylic acids is 1. The number of hydrogen-bond donors (Lipinski definition) is 1. The Bertz CT molecular complexity index is 538. The Hall–Kier alpha value is -1.93. The third kappa shape index (κ3) is 2.66. The number of rotatable bonds is 5. The van der Waals surface area contributed by atoms with Gasteiger partial charge in [-0.3, -0.25) is 10.1 Å². The number of anilines is 1. The van der Waals surface area contributed by atoms with Crippen LogP contribution in [0.3, 0.4) is 0 Å². The van der Waals surface area contributed by atoms with Crippen LogP contribution in [0.15, 0.2) is 16.7 Å². The summed E-state index contributed by atoms with van der Waals surface area (Å²) < 4.78 is 11.1. The number of hydrogen-bond acceptors (Lipinski definition) is 6. The Morgan fingerprint density at radius 1 is 1.67 bits per heavy atom. The van der Waals surface area contributed by atoms with Crippen molar-refractivity contribution in [3.63, 3.8) is 0 Å². The maximum Gasteiger partial charge on any atom is 0.262 e. The Morgan fingerprint density at radius 3 is 3.17 bits per heavy atom. The summed E-state index contributed by atoms with van der Waals surface area (Å²) in [6.07, 6.45) is 1.32. The van der Waals surface area contributed by atoms with Crippen molar-refractivity contribution >= 4 is 23.5 Å². The lowest BCUT2D eigenvalue weighted by Gasteiger charge is -2.04. The maximum atomic E-state index is 11.8. The summed E-state index contributed by atoms with van der Waals surface area (Å²) in [7, 11) is 1.56. The van der Waals surface area contributed by atoms with E-state index < -0.39 is 5.91 Å². The molecule has 9 heteroatoms. The Morgan fingerprint density at radius 2 is 2.50 bits per heavy atom. The van der Waals surface area contributed by atoms with Crippen molar-refractivity contribution in [1.82, 2.24) is 20.2 Å². The van der Waals surface area contributed by atoms with Crippen LogP contribution in [0.1, 0.15) is 10.4 Å². The van der Waals surface area contributed by atoms with Crippen molar-refractivity contribution < 1.29 is 13.9 Å². The number of halogens is 1. The van der Waals surface area contributed by atoms with Crippen molar-refractivity contribution in [2.24, 2.45) is 0 Å². The van der Waals surface area contributed by atoms with Gasteiger partial charge in [-0.25, -0.2) is 4.68 Å². The number of nitrogens with zero attached hydrogens (tertiary/aromatic N) is 4. The minimum atomic E-state index is -0.442. The highest BCUT2D eigenvalue weighted by molar-refractivity contribution is 6.32. The van der Waals surface area contributed by atoms with Gasteiger partial charge in [-0.05, 0) is 28.1 Å². The predicted octanol–water partition coefficient (Wildman–Crippen LogP) is 0.818. The highest BCUT2D eigenvalue weighted by atomic mass is 35.5. The summed E-state index contributed by atoms with van der Waals surface area (Å²) in [5.74, 6) is -0.225. The quantitative estimate of drug-likeness (QED) is 0.865. The lowest BCUT2D eigenvalue weighted by Crippen LogP contribution is -2.17. The smallest absolute Gasteiger partial charge is 0.262 e. The number of carbonyl (C=O) groups is 1. The van der Waals surface area contributed by atoms with Crippen LogP contribution >= 0.6 is 11.6 Å². The fourth-order valence-electron chi connectivity index (χ4n) is 1.25. The zero-order valence-electron chi connectivity index (χ0n) is 9.46. The molecule has 2 aromatic rings. The zero-order valence-corrected chi connectivity index (χ0v) is 10.2. The molecule has 0 spiro atoms. The molecule has 96 valence electrons. The Balaban J connectivity index is 2.08. The van der Waals surface area contributed by atoms with Crippen molar-refractivity contribution in [1.29, 1.82) is 0 Å². The van der Waals surface area contributed by atoms with Gasteiger partial charge in [-0.15, -0.1) is 0 Å². The van der Waals surface area contributed by atoms with Gasteiger partial charge in [0.1, 0.15) is 0 Å². The van der Waals surface area contributed by atoms with E-state index in [1.807, 2.05) is 0 Å². The molecule has 0 aliphatic rings. The molecule has 0 saturated carbocycles. The summed E-state index contributed by atoms with van der Waals surface area (Å²) in [5.41, 5.74) is 0.220. The van der Waals surface area contributed by atoms with Gasteiger partial charge in [-0.1, -0.05) is 5.10 Å². The summed E-state index contributed by atoms with van der Waals surface area (Å²) >= 11 is 5.69. The van der Waals surface area contributed by atoms with E-state index in [1.165, 1.54) is 17.0 Å². The van der Waals surface area contributed by atoms with Gasteiger partial charge in [-0.2, -0.15) is 0 Å². The molecule has 0 atom stereocenters. The fourth-order valence-corrected chi connectivity index (χ4v) is 1.45. The first-order chi connectivity index (χ1) is 8.72. The molecule has 0 fully saturated rings. The largest absolute Gasteiger partial charge is 0.452 e. The summed E-state index contributed by atoms with van der Waals surface area (Å²) in [6.45, 7) is 0.860. The van der Waals surface area contributed by atoms with Crippen LogP contribution in [-0.2, 0) is 11.3 Å². The molecule has 0 aromatic carbocycles. The van der Waals surface area contributed by atoms with Crippen LogP contribution in [-0.4, -0.2) is 39.8 Å². The number of furan rings is 1. The molecule has 1 N–H and O–H groups in total. The van der Waals surface area contributed by atoms with Crippen LogP contribution in [0.2, 0.25) is 5.22 Å². The number of amides is 1. The molecule has 0 unspecified atom stereocenters. The summed E-state index contributed by atoms with van der Waals surface area (Å²) in [6, 6.07) is 1.46. The first-order valence-electron chi connectivity index (χ1n) is 5.02. The molecule has 0 aliphatic carbocycles. The number of nitrogens with one attached hydrogen (secondary N) is 1. The molecule has 0 bridgehead atoms. The summed E-state index contributed by atoms with van der Waals surface area (Å²) in [5, 5.41) is 13.4. The van der Waals surface area contributed by atoms with Crippen LogP contribution in [0.5, 0.6) is 0 Å². The third-order valence-corrected chi connectivity index (χ3v) is 2.42. The van der Waals surface area contributed by atoms with Crippen molar-refractivity contribution in [3.05, 3.63) is 23.1 Å². The molecule has 18 heavy (non-hydrogen) atoms. The average molecular weight is 272 g/mol. The van der Waals surface area contributed by atoms with Gasteiger partial charge in [0.05, 0.1) is 25.0 Å². The zero-order chi connectivity index (χ0) is 13.0. The Labute approximate surface area is 107 Å². The summed E-state index contributed by atoms with van der Waals surface area (Å²) in [4.78, 5) is 11.8. The van der Waals surface area contributed by atoms with Gasteiger partial charge in [0.15, 0.2) is 0 Å². The second-order valence-electron chi connectivity index (χ2n) is 3.28. The van der Waals surface area contributed by atoms with E-state index in [0.29, 0.717) is 13.2 Å². The maximum absolute atomic E-state index is 11.8. The topological polar surface area (TPSA) is 95.1 Å². The SMILES string of the molecule is COCCn1nnnc1NC(=O)c1ccoc1Cl. The van der Waals surface area contributed by atoms with E-state index in [4.69, 9.17) is 20.8 Å². The van der Waals surface area contributed by atoms with Gasteiger partial charge < -0.3 is 9.15 Å². The standard InChI is InChI=1S/C9H10ClN5O3/c1-17-5-3-15-9(12-13-14-15)11-8(16)6-2-4-18-7(6)10/h2,4H,3,5H2,1H3,(H,11,12,14,16). The van der Waals surface area contributed by atoms with Crippen LogP contribution in [0.25, 0.3) is 0 Å². The van der Waals surface area contributed by atoms with Crippen LogP contribution in [0, 0.1) is 0 Å². The molecule has 8 nitrogen and oxygen atoms in total. The monoisotopic (exact) mass is 271 g/mol. The predicted molar refractivity (Wildman–Crippen MR) is 61.4 cm³/mol. The molecular formula is C9H10ClN5O3. The molecular weight excluding hydrogens is 262 g/mol. The molecule has 1 amide bonds. The van der Waals surface area contributed by atoms with E-state index in [0.717, 1.165) is 0 Å². The van der Waals surface area contributed by atoms with Crippen LogP contribution in [0.4, 0.5) is 5.95 Å². The van der Waals surface area contributed by atoms with Gasteiger partial charge in [0.25, 0.3) is 5.91 Å². The lowest BCUT2D eigenvalue weighted by atomic mass is 10.3. The van der Waals surface area contributed by atoms with Gasteiger partial charge in [0.2, 0.25) is 11.2 Å². The van der Waals surface area contributed by atoms with E-state index in [9.17, 15) is 4.79 Å². The molecule has 2 rings (SSSR count). The van der Waals surface area contributed by atoms with E-state index >= 15 is 0 Å². The fraction of sp³-hybridized carbons (Fsp3) is 0.333. The Kier molecular flexibility index (Phi) is 3.90. The van der Waals surface area contributed by atoms with Gasteiger partial charge >= 0.3 is 0 Å². The van der Waals surface area contributed by atoms with Gasteiger partial charge in [0, 0.05) is 7.11 Å². The van der Waals surface area contributed by atoms with Crippen molar-refractivity contribution in [2.75, 3.05) is 19.0 Å². The van der Waals surface area contributed by atoms with E-state index in [2.05, 4.69) is 20.8 Å². The third-order valence-electron chi connectivity index (χ3n) is 2.13. The lowest BCUT2D eigenvalue weighted by molar-refractivity contribution is 0.102. The molecule has 0 saturated heterocycles.